The molecule has 0 spiro atoms. The zero-order valence-corrected chi connectivity index (χ0v) is 12.7. The van der Waals surface area contributed by atoms with Crippen molar-refractivity contribution in [3.63, 3.8) is 0 Å². The summed E-state index contributed by atoms with van der Waals surface area (Å²) >= 11 is 0. The molecule has 124 valence electrons. The summed E-state index contributed by atoms with van der Waals surface area (Å²) in [4.78, 5) is 22.7. The van der Waals surface area contributed by atoms with Crippen molar-refractivity contribution in [2.45, 2.75) is 6.10 Å². The third-order valence-electron chi connectivity index (χ3n) is 3.45. The summed E-state index contributed by atoms with van der Waals surface area (Å²) < 4.78 is 16.2. The maximum Gasteiger partial charge on any atom is 0.271 e. The molecule has 3 rings (SSSR count). The summed E-state index contributed by atoms with van der Waals surface area (Å²) in [7, 11) is 1.41. The van der Waals surface area contributed by atoms with Gasteiger partial charge in [-0.15, -0.1) is 0 Å². The molecule has 8 nitrogen and oxygen atoms in total. The number of methoxy groups -OCH3 is 1. The highest BCUT2D eigenvalue weighted by Crippen LogP contribution is 2.32. The highest BCUT2D eigenvalue weighted by Gasteiger charge is 2.28. The Morgan fingerprint density at radius 2 is 2.04 bits per heavy atom. The van der Waals surface area contributed by atoms with Crippen LogP contribution in [0.25, 0.3) is 0 Å². The molecule has 8 heteroatoms. The van der Waals surface area contributed by atoms with Crippen molar-refractivity contribution < 1.29 is 23.9 Å². The van der Waals surface area contributed by atoms with Crippen LogP contribution in [0.3, 0.4) is 0 Å². The Morgan fingerprint density at radius 1 is 1.29 bits per heavy atom. The lowest BCUT2D eigenvalue weighted by Crippen LogP contribution is -2.40. The molecule has 1 aliphatic rings. The number of ether oxygens (including phenoxy) is 3. The molecule has 1 atom stereocenters. The first-order valence-corrected chi connectivity index (χ1v) is 7.10. The van der Waals surface area contributed by atoms with Gasteiger partial charge in [0.25, 0.3) is 11.6 Å². The van der Waals surface area contributed by atoms with E-state index in [2.05, 4.69) is 5.32 Å². The minimum absolute atomic E-state index is 0.0418. The Hall–Kier alpha value is -3.29. The number of amides is 1. The standard InChI is InChI=1S/C16H14N2O6/c1-22-12-7-6-10(18(20)21)8-11(12)17-16(19)15-9-23-13-4-2-3-5-14(13)24-15/h2-8,15H,9H2,1H3,(H,17,19). The first-order valence-electron chi connectivity index (χ1n) is 7.10. The fourth-order valence-electron chi connectivity index (χ4n) is 2.27. The summed E-state index contributed by atoms with van der Waals surface area (Å²) in [5.74, 6) is 0.860. The second-order valence-electron chi connectivity index (χ2n) is 5.00. The van der Waals surface area contributed by atoms with E-state index in [4.69, 9.17) is 14.2 Å². The van der Waals surface area contributed by atoms with Crippen molar-refractivity contribution in [1.82, 2.24) is 0 Å². The van der Waals surface area contributed by atoms with Gasteiger partial charge in [0.2, 0.25) is 6.10 Å². The molecule has 0 aliphatic carbocycles. The van der Waals surface area contributed by atoms with Crippen LogP contribution in [0.5, 0.6) is 17.2 Å². The average Bonchev–Trinajstić information content (AvgIpc) is 2.61. The number of nitrogens with one attached hydrogen (secondary N) is 1. The van der Waals surface area contributed by atoms with E-state index >= 15 is 0 Å². The fraction of sp³-hybridized carbons (Fsp3) is 0.188. The van der Waals surface area contributed by atoms with E-state index in [0.717, 1.165) is 0 Å². The second-order valence-corrected chi connectivity index (χ2v) is 5.00. The number of nitrogens with zero attached hydrogens (tertiary/aromatic N) is 1. The van der Waals surface area contributed by atoms with Crippen LogP contribution in [0.4, 0.5) is 11.4 Å². The van der Waals surface area contributed by atoms with Crippen LogP contribution in [0.15, 0.2) is 42.5 Å². The van der Waals surface area contributed by atoms with Gasteiger partial charge in [0.1, 0.15) is 12.4 Å². The van der Waals surface area contributed by atoms with Gasteiger partial charge in [-0.1, -0.05) is 12.1 Å². The third-order valence-corrected chi connectivity index (χ3v) is 3.45. The summed E-state index contributed by atoms with van der Waals surface area (Å²) in [5.41, 5.74) is 0.0383. The van der Waals surface area contributed by atoms with Crippen LogP contribution >= 0.6 is 0 Å². The normalized spacial score (nSPS) is 15.5. The minimum Gasteiger partial charge on any atom is -0.495 e. The largest absolute Gasteiger partial charge is 0.495 e. The first-order chi connectivity index (χ1) is 11.6. The average molecular weight is 330 g/mol. The van der Waals surface area contributed by atoms with Crippen molar-refractivity contribution in [3.05, 3.63) is 52.6 Å². The Balaban J connectivity index is 1.78. The lowest BCUT2D eigenvalue weighted by Gasteiger charge is -2.25. The molecular weight excluding hydrogens is 316 g/mol. The van der Waals surface area contributed by atoms with Crippen LogP contribution in [0.2, 0.25) is 0 Å². The Bertz CT molecular complexity index is 792. The van der Waals surface area contributed by atoms with Gasteiger partial charge in [-0.25, -0.2) is 0 Å². The molecule has 0 aromatic heterocycles. The summed E-state index contributed by atoms with van der Waals surface area (Å²) in [5, 5.41) is 13.5. The summed E-state index contributed by atoms with van der Waals surface area (Å²) in [6.45, 7) is 0.0418. The van der Waals surface area contributed by atoms with Crippen molar-refractivity contribution in [1.29, 1.82) is 0 Å². The number of carbonyl (C=O) groups is 1. The van der Waals surface area contributed by atoms with E-state index in [-0.39, 0.29) is 18.0 Å². The van der Waals surface area contributed by atoms with Gasteiger partial charge in [0, 0.05) is 12.1 Å². The molecule has 1 aliphatic heterocycles. The number of anilines is 1. The maximum atomic E-state index is 12.4. The molecular formula is C16H14N2O6. The molecule has 0 radical (unpaired) electrons. The van der Waals surface area contributed by atoms with E-state index in [1.807, 2.05) is 0 Å². The Morgan fingerprint density at radius 3 is 2.75 bits per heavy atom. The number of hydrogen-bond donors (Lipinski definition) is 1. The maximum absolute atomic E-state index is 12.4. The molecule has 0 fully saturated rings. The van der Waals surface area contributed by atoms with Gasteiger partial charge in [-0.2, -0.15) is 0 Å². The van der Waals surface area contributed by atoms with Crippen molar-refractivity contribution in [3.8, 4) is 17.2 Å². The zero-order valence-electron chi connectivity index (χ0n) is 12.7. The SMILES string of the molecule is COc1ccc([N+](=O)[O-])cc1NC(=O)C1COc2ccccc2O1. The first kappa shape index (κ1) is 15.6. The topological polar surface area (TPSA) is 99.9 Å². The zero-order chi connectivity index (χ0) is 17.1. The molecule has 1 heterocycles. The molecule has 1 amide bonds. The van der Waals surface area contributed by atoms with Gasteiger partial charge < -0.3 is 19.5 Å². The van der Waals surface area contributed by atoms with Crippen molar-refractivity contribution >= 4 is 17.3 Å². The highest BCUT2D eigenvalue weighted by molar-refractivity contribution is 5.96. The quantitative estimate of drug-likeness (QED) is 0.682. The smallest absolute Gasteiger partial charge is 0.271 e. The number of non-ortho nitro benzene ring substituents is 1. The predicted molar refractivity (Wildman–Crippen MR) is 84.6 cm³/mol. The van der Waals surface area contributed by atoms with E-state index < -0.39 is 16.9 Å². The molecule has 0 saturated carbocycles. The summed E-state index contributed by atoms with van der Waals surface area (Å²) in [6, 6.07) is 11.0. The van der Waals surface area contributed by atoms with Gasteiger partial charge >= 0.3 is 0 Å². The number of hydrogen-bond acceptors (Lipinski definition) is 6. The van der Waals surface area contributed by atoms with Gasteiger partial charge in [-0.05, 0) is 18.2 Å². The molecule has 2 aromatic carbocycles. The molecule has 1 N–H and O–H groups in total. The number of nitro benzene ring substituents is 1. The van der Waals surface area contributed by atoms with Crippen LogP contribution in [0, 0.1) is 10.1 Å². The molecule has 24 heavy (non-hydrogen) atoms. The van der Waals surface area contributed by atoms with Gasteiger partial charge in [0.15, 0.2) is 11.5 Å². The third kappa shape index (κ3) is 3.07. The van der Waals surface area contributed by atoms with Crippen LogP contribution in [-0.4, -0.2) is 30.7 Å². The number of para-hydroxylation sites is 2. The van der Waals surface area contributed by atoms with E-state index in [1.54, 1.807) is 24.3 Å². The van der Waals surface area contributed by atoms with E-state index in [0.29, 0.717) is 17.2 Å². The van der Waals surface area contributed by atoms with E-state index in [1.165, 1.54) is 25.3 Å². The number of carbonyl (C=O) groups excluding carboxylic acids is 1. The molecule has 1 unspecified atom stereocenters. The highest BCUT2D eigenvalue weighted by atomic mass is 16.6. The van der Waals surface area contributed by atoms with Gasteiger partial charge in [-0.3, -0.25) is 14.9 Å². The fourth-order valence-corrected chi connectivity index (χ4v) is 2.27. The van der Waals surface area contributed by atoms with Gasteiger partial charge in [0.05, 0.1) is 17.7 Å². The number of nitro groups is 1. The van der Waals surface area contributed by atoms with Crippen molar-refractivity contribution in [2.75, 3.05) is 19.0 Å². The summed E-state index contributed by atoms with van der Waals surface area (Å²) in [6.07, 6.45) is -0.871. The minimum atomic E-state index is -0.871. The Kier molecular flexibility index (Phi) is 4.19. The number of benzene rings is 2. The monoisotopic (exact) mass is 330 g/mol. The van der Waals surface area contributed by atoms with Crippen LogP contribution in [0.1, 0.15) is 0 Å². The molecule has 2 aromatic rings. The number of rotatable bonds is 4. The second kappa shape index (κ2) is 6.45. The lowest BCUT2D eigenvalue weighted by molar-refractivity contribution is -0.384. The van der Waals surface area contributed by atoms with E-state index in [9.17, 15) is 14.9 Å². The van der Waals surface area contributed by atoms with Crippen LogP contribution in [-0.2, 0) is 4.79 Å². The number of fused-ring (bicyclic) bond motifs is 1. The predicted octanol–water partition coefficient (Wildman–Crippen LogP) is 2.38. The Labute approximate surface area is 137 Å². The molecule has 0 bridgehead atoms. The van der Waals surface area contributed by atoms with Crippen LogP contribution < -0.4 is 19.5 Å². The van der Waals surface area contributed by atoms with Crippen molar-refractivity contribution in [2.24, 2.45) is 0 Å². The lowest BCUT2D eigenvalue weighted by atomic mass is 10.2. The molecule has 0 saturated heterocycles.